The molecule has 2 aromatic rings. The van der Waals surface area contributed by atoms with Crippen LogP contribution in [-0.2, 0) is 12.8 Å². The van der Waals surface area contributed by atoms with E-state index in [0.29, 0.717) is 10.6 Å². The number of carbonyl (C=O) groups is 2. The number of halogens is 4. The fourth-order valence-electron chi connectivity index (χ4n) is 3.07. The van der Waals surface area contributed by atoms with Crippen LogP contribution in [0.1, 0.15) is 44.0 Å². The number of nitrogens with one attached hydrogen (secondary N) is 2. The molecule has 0 saturated heterocycles. The van der Waals surface area contributed by atoms with E-state index in [4.69, 9.17) is 40.5 Å². The fourth-order valence-corrected chi connectivity index (χ4v) is 4.72. The molecule has 150 valence electrons. The second-order valence-corrected chi connectivity index (χ2v) is 9.85. The van der Waals surface area contributed by atoms with Crippen molar-refractivity contribution in [2.24, 2.45) is 5.73 Å². The third-order valence-electron chi connectivity index (χ3n) is 4.40. The Labute approximate surface area is 180 Å². The molecule has 0 saturated carbocycles. The quantitative estimate of drug-likeness (QED) is 0.453. The summed E-state index contributed by atoms with van der Waals surface area (Å²) < 4.78 is 11.2. The number of hydrogen-bond donors (Lipinski definition) is 3. The molecule has 0 radical (unpaired) electrons. The first kappa shape index (κ1) is 21.2. The van der Waals surface area contributed by atoms with Crippen LogP contribution in [0.25, 0.3) is 0 Å². The van der Waals surface area contributed by atoms with Gasteiger partial charge in [0.2, 0.25) is 3.79 Å². The second-order valence-electron chi connectivity index (χ2n) is 6.38. The summed E-state index contributed by atoms with van der Waals surface area (Å²) in [6.45, 7) is 0. The molecule has 1 heterocycles. The molecule has 0 unspecified atom stereocenters. The van der Waals surface area contributed by atoms with Crippen LogP contribution in [0, 0.1) is 5.82 Å². The smallest absolute Gasteiger partial charge is 0.252 e. The lowest BCUT2D eigenvalue weighted by molar-refractivity contribution is 0.0941. The molecular weight excluding hydrogens is 448 g/mol. The van der Waals surface area contributed by atoms with Gasteiger partial charge in [-0.25, -0.2) is 4.39 Å². The van der Waals surface area contributed by atoms with E-state index in [1.807, 2.05) is 0 Å². The van der Waals surface area contributed by atoms with E-state index in [1.165, 1.54) is 23.5 Å². The monoisotopic (exact) mass is 463 g/mol. The van der Waals surface area contributed by atoms with Gasteiger partial charge in [0.15, 0.2) is 0 Å². The van der Waals surface area contributed by atoms with Crippen LogP contribution in [0.3, 0.4) is 0 Å². The molecule has 10 heteroatoms. The third kappa shape index (κ3) is 4.71. The standard InChI is InChI=1S/C18H17Cl3FN3O2S/c19-18(20,21)17(24-15(27)9-5-7-10(22)8-6-9)25-16-13(14(23)26)11-3-1-2-4-12(11)28-16/h5-8,17,25H,1-4H2,(H2,23,26)(H,24,27)/t17-/m1/s1. The van der Waals surface area contributed by atoms with Crippen molar-refractivity contribution >= 4 is 63.0 Å². The number of thiophene rings is 1. The number of primary amides is 1. The minimum Gasteiger partial charge on any atom is -0.365 e. The molecular formula is C18H17Cl3FN3O2S. The average molecular weight is 465 g/mol. The molecule has 3 rings (SSSR count). The summed E-state index contributed by atoms with van der Waals surface area (Å²) in [6, 6.07) is 4.95. The molecule has 0 bridgehead atoms. The Bertz CT molecular complexity index is 897. The zero-order chi connectivity index (χ0) is 20.5. The van der Waals surface area contributed by atoms with Gasteiger partial charge in [-0.3, -0.25) is 9.59 Å². The summed E-state index contributed by atoms with van der Waals surface area (Å²) in [7, 11) is 0. The Hall–Kier alpha value is -1.54. The topological polar surface area (TPSA) is 84.2 Å². The van der Waals surface area contributed by atoms with E-state index in [1.54, 1.807) is 0 Å². The van der Waals surface area contributed by atoms with E-state index in [-0.39, 0.29) is 5.56 Å². The summed E-state index contributed by atoms with van der Waals surface area (Å²) in [4.78, 5) is 25.6. The van der Waals surface area contributed by atoms with Crippen molar-refractivity contribution in [3.8, 4) is 0 Å². The Kier molecular flexibility index (Phi) is 6.39. The molecule has 0 aliphatic heterocycles. The van der Waals surface area contributed by atoms with Crippen LogP contribution in [0.2, 0.25) is 0 Å². The van der Waals surface area contributed by atoms with Crippen LogP contribution in [0.4, 0.5) is 9.39 Å². The number of rotatable bonds is 5. The highest BCUT2D eigenvalue weighted by Crippen LogP contribution is 2.40. The molecule has 1 atom stereocenters. The van der Waals surface area contributed by atoms with Gasteiger partial charge in [-0.05, 0) is 55.5 Å². The molecule has 1 aromatic heterocycles. The zero-order valence-electron chi connectivity index (χ0n) is 14.5. The second kappa shape index (κ2) is 8.45. The normalized spacial score (nSPS) is 14.9. The maximum Gasteiger partial charge on any atom is 0.252 e. The van der Waals surface area contributed by atoms with E-state index in [9.17, 15) is 14.0 Å². The predicted octanol–water partition coefficient (Wildman–Crippen LogP) is 4.40. The van der Waals surface area contributed by atoms with Crippen molar-refractivity contribution in [2.45, 2.75) is 35.6 Å². The molecule has 1 aliphatic rings. The SMILES string of the molecule is NC(=O)c1c(N[C@@H](NC(=O)c2ccc(F)cc2)C(Cl)(Cl)Cl)sc2c1CCCC2. The lowest BCUT2D eigenvalue weighted by Gasteiger charge is -2.27. The maximum atomic E-state index is 13.1. The summed E-state index contributed by atoms with van der Waals surface area (Å²) in [5.41, 5.74) is 7.06. The van der Waals surface area contributed by atoms with Gasteiger partial charge in [0.05, 0.1) is 5.56 Å². The summed E-state index contributed by atoms with van der Waals surface area (Å²) in [5, 5.41) is 5.98. The minimum absolute atomic E-state index is 0.197. The number of hydrogen-bond acceptors (Lipinski definition) is 4. The Balaban J connectivity index is 1.88. The number of amides is 2. The number of aryl methyl sites for hydroxylation is 1. The highest BCUT2D eigenvalue weighted by Gasteiger charge is 2.36. The number of carbonyl (C=O) groups excluding carboxylic acids is 2. The van der Waals surface area contributed by atoms with Gasteiger partial charge in [0, 0.05) is 10.4 Å². The van der Waals surface area contributed by atoms with Crippen molar-refractivity contribution in [2.75, 3.05) is 5.32 Å². The molecule has 0 spiro atoms. The van der Waals surface area contributed by atoms with Crippen LogP contribution in [-0.4, -0.2) is 21.8 Å². The first-order valence-corrected chi connectivity index (χ1v) is 10.5. The number of anilines is 1. The summed E-state index contributed by atoms with van der Waals surface area (Å²) >= 11 is 19.5. The number of nitrogens with two attached hydrogens (primary N) is 1. The predicted molar refractivity (Wildman–Crippen MR) is 111 cm³/mol. The molecule has 1 aromatic carbocycles. The summed E-state index contributed by atoms with van der Waals surface area (Å²) in [6.07, 6.45) is 2.46. The van der Waals surface area contributed by atoms with Crippen molar-refractivity contribution in [3.63, 3.8) is 0 Å². The molecule has 28 heavy (non-hydrogen) atoms. The van der Waals surface area contributed by atoms with Gasteiger partial charge in [0.1, 0.15) is 17.0 Å². The molecule has 5 nitrogen and oxygen atoms in total. The lowest BCUT2D eigenvalue weighted by Crippen LogP contribution is -2.49. The van der Waals surface area contributed by atoms with Crippen molar-refractivity contribution in [3.05, 3.63) is 51.7 Å². The zero-order valence-corrected chi connectivity index (χ0v) is 17.6. The molecule has 2 amide bonds. The summed E-state index contributed by atoms with van der Waals surface area (Å²) in [5.74, 6) is -1.61. The number of benzene rings is 1. The highest BCUT2D eigenvalue weighted by atomic mass is 35.6. The van der Waals surface area contributed by atoms with Crippen molar-refractivity contribution in [1.82, 2.24) is 5.32 Å². The van der Waals surface area contributed by atoms with Gasteiger partial charge >= 0.3 is 0 Å². The highest BCUT2D eigenvalue weighted by molar-refractivity contribution is 7.16. The first-order valence-electron chi connectivity index (χ1n) is 8.51. The third-order valence-corrected chi connectivity index (χ3v) is 6.28. The fraction of sp³-hybridized carbons (Fsp3) is 0.333. The van der Waals surface area contributed by atoms with Gasteiger partial charge in [-0.1, -0.05) is 34.8 Å². The van der Waals surface area contributed by atoms with Gasteiger partial charge < -0.3 is 16.4 Å². The molecule has 1 aliphatic carbocycles. The number of fused-ring (bicyclic) bond motifs is 1. The Morgan fingerprint density at radius 1 is 1.14 bits per heavy atom. The lowest BCUT2D eigenvalue weighted by atomic mass is 9.95. The van der Waals surface area contributed by atoms with Crippen LogP contribution in [0.15, 0.2) is 24.3 Å². The Morgan fingerprint density at radius 3 is 2.39 bits per heavy atom. The first-order chi connectivity index (χ1) is 13.2. The molecule has 4 N–H and O–H groups in total. The van der Waals surface area contributed by atoms with Gasteiger partial charge in [-0.15, -0.1) is 11.3 Å². The maximum absolute atomic E-state index is 13.1. The van der Waals surface area contributed by atoms with E-state index >= 15 is 0 Å². The van der Waals surface area contributed by atoms with Crippen LogP contribution in [0.5, 0.6) is 0 Å². The minimum atomic E-state index is -1.92. The largest absolute Gasteiger partial charge is 0.365 e. The van der Waals surface area contributed by atoms with Crippen molar-refractivity contribution in [1.29, 1.82) is 0 Å². The van der Waals surface area contributed by atoms with E-state index in [0.717, 1.165) is 48.3 Å². The molecule has 0 fully saturated rings. The van der Waals surface area contributed by atoms with Crippen LogP contribution < -0.4 is 16.4 Å². The van der Waals surface area contributed by atoms with Gasteiger partial charge in [-0.2, -0.15) is 0 Å². The average Bonchev–Trinajstić information content (AvgIpc) is 2.99. The van der Waals surface area contributed by atoms with Crippen molar-refractivity contribution < 1.29 is 14.0 Å². The number of alkyl halides is 3. The van der Waals surface area contributed by atoms with E-state index in [2.05, 4.69) is 10.6 Å². The van der Waals surface area contributed by atoms with Crippen LogP contribution >= 0.6 is 46.1 Å². The van der Waals surface area contributed by atoms with E-state index < -0.39 is 27.6 Å². The van der Waals surface area contributed by atoms with Gasteiger partial charge in [0.25, 0.3) is 11.8 Å². The Morgan fingerprint density at radius 2 is 1.79 bits per heavy atom.